The third-order valence-electron chi connectivity index (χ3n) is 15.1. The third kappa shape index (κ3) is 40.1. The summed E-state index contributed by atoms with van der Waals surface area (Å²) in [5, 5.41) is 72.6. The van der Waals surface area contributed by atoms with Crippen LogP contribution in [0.4, 0.5) is 0 Å². The van der Waals surface area contributed by atoms with Crippen molar-refractivity contribution >= 4 is 5.97 Å². The minimum Gasteiger partial charge on any atom is -0.457 e. The molecule has 11 unspecified atom stereocenters. The SMILES string of the molecule is CC/C=C\C/C=C\C/C=C\C/C=C\C/C=C\CCCCCCCCCCCC(=O)OC(COCCCCCCCCCCC/C=C\C/C=C\C/C=C\CCCCCCC)COC1OC(COC2OC(CO)C(O)C(O)C2O)C(O)C(O)C1O. The molecule has 2 aliphatic rings. The van der Waals surface area contributed by atoms with Crippen molar-refractivity contribution in [3.05, 3.63) is 97.2 Å². The van der Waals surface area contributed by atoms with E-state index < -0.39 is 80.7 Å². The van der Waals surface area contributed by atoms with Crippen LogP contribution < -0.4 is 0 Å². The number of aliphatic hydroxyl groups excluding tert-OH is 7. The van der Waals surface area contributed by atoms with E-state index in [1.54, 1.807) is 0 Å². The van der Waals surface area contributed by atoms with Crippen molar-refractivity contribution in [1.29, 1.82) is 0 Å². The molecular weight excluding hydrogens is 1050 g/mol. The van der Waals surface area contributed by atoms with E-state index in [2.05, 4.69) is 111 Å². The Bertz CT molecular complexity index is 1740. The maximum Gasteiger partial charge on any atom is 0.306 e. The van der Waals surface area contributed by atoms with Crippen LogP contribution in [0.2, 0.25) is 0 Å². The van der Waals surface area contributed by atoms with E-state index in [4.69, 9.17) is 28.4 Å². The second-order valence-electron chi connectivity index (χ2n) is 22.6. The molecule has 0 amide bonds. The maximum atomic E-state index is 13.1. The number of aliphatic hydroxyl groups is 7. The number of ether oxygens (including phenoxy) is 6. The molecule has 0 radical (unpaired) electrons. The lowest BCUT2D eigenvalue weighted by atomic mass is 9.98. The van der Waals surface area contributed by atoms with Gasteiger partial charge in [0, 0.05) is 13.0 Å². The Hall–Kier alpha value is -3.09. The highest BCUT2D eigenvalue weighted by Crippen LogP contribution is 2.27. The monoisotopic (exact) mass is 1170 g/mol. The Morgan fingerprint density at radius 2 is 0.783 bits per heavy atom. The smallest absolute Gasteiger partial charge is 0.306 e. The molecule has 0 aromatic carbocycles. The molecule has 11 atom stereocenters. The van der Waals surface area contributed by atoms with E-state index in [1.807, 2.05) is 0 Å². The van der Waals surface area contributed by atoms with Crippen LogP contribution >= 0.6 is 0 Å². The standard InChI is InChI=1S/C69H118O14/c1-3-5-7-9-11-13-15-17-19-21-23-25-27-29-30-32-34-36-38-40-42-44-46-48-50-52-61(71)81-58(56-79-68-67(77)65(75)63(73)60(83-68)57-80-69-66(76)64(74)62(72)59(54-70)82-69)55-78-53-51-49-47-45-43-41-39-37-35-33-31-28-26-24-22-20-18-16-14-12-10-8-6-4-2/h5,7,11,13,16-19,22-25,28-31,58-60,62-70,72-77H,3-4,6,8-10,12,14-15,20-21,26-27,32-57H2,1-2H3/b7-5-,13-11-,18-16-,19-17-,24-22-,25-23-,30-29-,31-28-. The molecule has 2 aliphatic heterocycles. The third-order valence-corrected chi connectivity index (χ3v) is 15.1. The first-order chi connectivity index (χ1) is 40.6. The number of unbranched alkanes of at least 4 members (excludes halogenated alkanes) is 23. The van der Waals surface area contributed by atoms with Crippen LogP contribution in [0.1, 0.15) is 232 Å². The van der Waals surface area contributed by atoms with Crippen LogP contribution in [0.15, 0.2) is 97.2 Å². The fourth-order valence-corrected chi connectivity index (χ4v) is 9.85. The summed E-state index contributed by atoms with van der Waals surface area (Å²) in [5.74, 6) is -0.386. The molecule has 0 aromatic rings. The second kappa shape index (κ2) is 54.3. The van der Waals surface area contributed by atoms with Gasteiger partial charge in [-0.1, -0.05) is 227 Å². The van der Waals surface area contributed by atoms with Crippen LogP contribution in [-0.2, 0) is 33.2 Å². The first-order valence-electron chi connectivity index (χ1n) is 32.8. The van der Waals surface area contributed by atoms with Gasteiger partial charge >= 0.3 is 5.97 Å². The second-order valence-corrected chi connectivity index (χ2v) is 22.6. The van der Waals surface area contributed by atoms with Gasteiger partial charge in [0.05, 0.1) is 26.4 Å². The van der Waals surface area contributed by atoms with Gasteiger partial charge in [-0.05, 0) is 96.3 Å². The van der Waals surface area contributed by atoms with Gasteiger partial charge in [-0.15, -0.1) is 0 Å². The molecule has 0 bridgehead atoms. The molecule has 0 aromatic heterocycles. The number of allylic oxidation sites excluding steroid dienone is 16. The molecule has 478 valence electrons. The molecule has 0 aliphatic carbocycles. The van der Waals surface area contributed by atoms with Crippen LogP contribution in [0.3, 0.4) is 0 Å². The predicted octanol–water partition coefficient (Wildman–Crippen LogP) is 13.3. The highest BCUT2D eigenvalue weighted by atomic mass is 16.7. The largest absolute Gasteiger partial charge is 0.457 e. The molecule has 2 heterocycles. The fourth-order valence-electron chi connectivity index (χ4n) is 9.85. The first kappa shape index (κ1) is 76.0. The zero-order valence-electron chi connectivity index (χ0n) is 51.7. The molecule has 7 N–H and O–H groups in total. The van der Waals surface area contributed by atoms with E-state index in [0.29, 0.717) is 13.0 Å². The van der Waals surface area contributed by atoms with Crippen molar-refractivity contribution in [2.24, 2.45) is 0 Å². The maximum absolute atomic E-state index is 13.1. The Balaban J connectivity index is 1.68. The molecule has 0 saturated carbocycles. The average Bonchev–Trinajstić information content (AvgIpc) is 3.67. The van der Waals surface area contributed by atoms with Gasteiger partial charge in [0.2, 0.25) is 0 Å². The van der Waals surface area contributed by atoms with E-state index in [-0.39, 0.29) is 25.6 Å². The predicted molar refractivity (Wildman–Crippen MR) is 334 cm³/mol. The van der Waals surface area contributed by atoms with E-state index in [9.17, 15) is 40.5 Å². The Morgan fingerprint density at radius 3 is 1.23 bits per heavy atom. The zero-order chi connectivity index (χ0) is 60.1. The summed E-state index contributed by atoms with van der Waals surface area (Å²) in [5.41, 5.74) is 0. The summed E-state index contributed by atoms with van der Waals surface area (Å²) >= 11 is 0. The van der Waals surface area contributed by atoms with Gasteiger partial charge in [0.25, 0.3) is 0 Å². The van der Waals surface area contributed by atoms with Gasteiger partial charge in [-0.25, -0.2) is 0 Å². The van der Waals surface area contributed by atoms with Crippen LogP contribution in [-0.4, -0.2) is 142 Å². The molecule has 14 heteroatoms. The molecule has 14 nitrogen and oxygen atoms in total. The highest BCUT2D eigenvalue weighted by Gasteiger charge is 2.47. The minimum atomic E-state index is -1.72. The summed E-state index contributed by atoms with van der Waals surface area (Å²) in [6.07, 6.45) is 57.5. The van der Waals surface area contributed by atoms with Gasteiger partial charge in [-0.2, -0.15) is 0 Å². The van der Waals surface area contributed by atoms with Gasteiger partial charge < -0.3 is 64.2 Å². The summed E-state index contributed by atoms with van der Waals surface area (Å²) < 4.78 is 34.5. The molecule has 2 rings (SSSR count). The number of hydrogen-bond acceptors (Lipinski definition) is 14. The number of rotatable bonds is 53. The lowest BCUT2D eigenvalue weighted by Crippen LogP contribution is -2.61. The molecule has 83 heavy (non-hydrogen) atoms. The Labute approximate surface area is 502 Å². The molecule has 0 spiro atoms. The molecule has 2 saturated heterocycles. The van der Waals surface area contributed by atoms with E-state index in [0.717, 1.165) is 96.3 Å². The number of hydrogen-bond donors (Lipinski definition) is 7. The van der Waals surface area contributed by atoms with Crippen LogP contribution in [0.25, 0.3) is 0 Å². The molecule has 2 fully saturated rings. The van der Waals surface area contributed by atoms with Crippen molar-refractivity contribution in [2.45, 2.75) is 300 Å². The van der Waals surface area contributed by atoms with Gasteiger partial charge in [-0.3, -0.25) is 4.79 Å². The Morgan fingerprint density at radius 1 is 0.410 bits per heavy atom. The highest BCUT2D eigenvalue weighted by molar-refractivity contribution is 5.69. The summed E-state index contributed by atoms with van der Waals surface area (Å²) in [4.78, 5) is 13.1. The lowest BCUT2D eigenvalue weighted by Gasteiger charge is -2.42. The van der Waals surface area contributed by atoms with Crippen molar-refractivity contribution in [2.75, 3.05) is 33.0 Å². The van der Waals surface area contributed by atoms with E-state index >= 15 is 0 Å². The van der Waals surface area contributed by atoms with Crippen LogP contribution in [0.5, 0.6) is 0 Å². The zero-order valence-corrected chi connectivity index (χ0v) is 51.7. The summed E-state index contributed by atoms with van der Waals surface area (Å²) in [6, 6.07) is 0. The number of carbonyl (C=O) groups is 1. The fraction of sp³-hybridized carbons (Fsp3) is 0.754. The average molecular weight is 1170 g/mol. The lowest BCUT2D eigenvalue weighted by molar-refractivity contribution is -0.332. The van der Waals surface area contributed by atoms with Crippen molar-refractivity contribution in [3.8, 4) is 0 Å². The van der Waals surface area contributed by atoms with Crippen molar-refractivity contribution in [1.82, 2.24) is 0 Å². The van der Waals surface area contributed by atoms with Crippen LogP contribution in [0, 0.1) is 0 Å². The van der Waals surface area contributed by atoms with Gasteiger partial charge in [0.15, 0.2) is 12.6 Å². The summed E-state index contributed by atoms with van der Waals surface area (Å²) in [7, 11) is 0. The topological polar surface area (TPSA) is 214 Å². The van der Waals surface area contributed by atoms with E-state index in [1.165, 1.54) is 109 Å². The van der Waals surface area contributed by atoms with Crippen molar-refractivity contribution < 1.29 is 69.0 Å². The number of esters is 1. The normalized spacial score (nSPS) is 24.1. The molecular formula is C69H118O14. The van der Waals surface area contributed by atoms with Crippen molar-refractivity contribution in [3.63, 3.8) is 0 Å². The quantitative estimate of drug-likeness (QED) is 0.0172. The number of carbonyl (C=O) groups excluding carboxylic acids is 1. The first-order valence-corrected chi connectivity index (χ1v) is 32.8. The summed E-state index contributed by atoms with van der Waals surface area (Å²) in [6.45, 7) is 3.55. The Kier molecular flexibility index (Phi) is 49.7. The van der Waals surface area contributed by atoms with Gasteiger partial charge in [0.1, 0.15) is 54.9 Å². The minimum absolute atomic E-state index is 0.0501.